The quantitative estimate of drug-likeness (QED) is 0.936. The molecule has 2 nitrogen and oxygen atoms in total. The number of hydrogen-bond donors (Lipinski definition) is 1. The molecule has 1 saturated carbocycles. The molecular weight excluding hydrogens is 256 g/mol. The van der Waals surface area contributed by atoms with E-state index < -0.39 is 0 Å². The minimum absolute atomic E-state index is 0.236. The zero-order chi connectivity index (χ0) is 14.4. The van der Waals surface area contributed by atoms with Gasteiger partial charge in [0.1, 0.15) is 0 Å². The minimum Gasteiger partial charge on any atom is -0.327 e. The smallest absolute Gasteiger partial charge is 0.0448 e. The van der Waals surface area contributed by atoms with Crippen LogP contribution in [0.3, 0.4) is 0 Å². The minimum atomic E-state index is 0.236. The number of nitrogens with two attached hydrogens (primary N) is 1. The maximum absolute atomic E-state index is 6.56. The molecular formula is C19H22N2. The largest absolute Gasteiger partial charge is 0.327 e. The van der Waals surface area contributed by atoms with Gasteiger partial charge in [0.25, 0.3) is 0 Å². The van der Waals surface area contributed by atoms with Crippen LogP contribution in [-0.2, 0) is 12.8 Å². The molecule has 1 aromatic carbocycles. The van der Waals surface area contributed by atoms with E-state index in [1.54, 1.807) is 11.1 Å². The maximum atomic E-state index is 6.56. The van der Waals surface area contributed by atoms with Crippen LogP contribution in [0.5, 0.6) is 0 Å². The predicted molar refractivity (Wildman–Crippen MR) is 85.1 cm³/mol. The van der Waals surface area contributed by atoms with Gasteiger partial charge in [0.2, 0.25) is 0 Å². The highest BCUT2D eigenvalue weighted by atomic mass is 14.8. The number of nitrogens with zero attached hydrogens (tertiary/aromatic N) is 1. The molecule has 0 radical (unpaired) electrons. The SMILES string of the molecule is Cc1cccnc1CC(N)C1C2CCc3ccccc3C21. The van der Waals surface area contributed by atoms with Crippen molar-refractivity contribution in [1.82, 2.24) is 4.98 Å². The number of benzene rings is 1. The fourth-order valence-corrected chi connectivity index (χ4v) is 4.29. The van der Waals surface area contributed by atoms with Crippen LogP contribution in [0, 0.1) is 18.8 Å². The van der Waals surface area contributed by atoms with E-state index in [0.717, 1.165) is 12.3 Å². The highest BCUT2D eigenvalue weighted by molar-refractivity contribution is 5.40. The summed E-state index contributed by atoms with van der Waals surface area (Å²) in [6, 6.07) is 13.3. The first-order valence-corrected chi connectivity index (χ1v) is 7.99. The van der Waals surface area contributed by atoms with Gasteiger partial charge in [-0.3, -0.25) is 4.98 Å². The summed E-state index contributed by atoms with van der Waals surface area (Å²) in [5.74, 6) is 2.16. The van der Waals surface area contributed by atoms with Crippen LogP contribution in [-0.4, -0.2) is 11.0 Å². The summed E-state index contributed by atoms with van der Waals surface area (Å²) < 4.78 is 0. The Hall–Kier alpha value is -1.67. The number of aromatic nitrogens is 1. The van der Waals surface area contributed by atoms with Crippen LogP contribution in [0.25, 0.3) is 0 Å². The average molecular weight is 278 g/mol. The van der Waals surface area contributed by atoms with E-state index in [1.165, 1.54) is 24.1 Å². The fourth-order valence-electron chi connectivity index (χ4n) is 4.29. The summed E-state index contributed by atoms with van der Waals surface area (Å²) >= 11 is 0. The van der Waals surface area contributed by atoms with Crippen LogP contribution < -0.4 is 5.73 Å². The van der Waals surface area contributed by atoms with Gasteiger partial charge in [0.15, 0.2) is 0 Å². The topological polar surface area (TPSA) is 38.9 Å². The second-order valence-corrected chi connectivity index (χ2v) is 6.64. The van der Waals surface area contributed by atoms with E-state index in [4.69, 9.17) is 5.73 Å². The Morgan fingerprint density at radius 3 is 2.95 bits per heavy atom. The Balaban J connectivity index is 1.53. The molecule has 0 spiro atoms. The number of aryl methyl sites for hydroxylation is 2. The molecule has 1 aromatic heterocycles. The molecule has 1 fully saturated rings. The summed E-state index contributed by atoms with van der Waals surface area (Å²) in [5, 5.41) is 0. The van der Waals surface area contributed by atoms with Crippen LogP contribution in [0.1, 0.15) is 34.7 Å². The van der Waals surface area contributed by atoms with E-state index >= 15 is 0 Å². The Morgan fingerprint density at radius 1 is 1.24 bits per heavy atom. The standard InChI is InChI=1S/C19H22N2/c1-12-5-4-10-21-17(12)11-16(20)19-15-9-8-13-6-2-3-7-14(13)18(15)19/h2-7,10,15-16,18-19H,8-9,11,20H2,1H3. The number of fused-ring (bicyclic) bond motifs is 3. The third-order valence-electron chi connectivity index (χ3n) is 5.43. The van der Waals surface area contributed by atoms with Crippen molar-refractivity contribution >= 4 is 0 Å². The van der Waals surface area contributed by atoms with E-state index in [1.807, 2.05) is 12.3 Å². The monoisotopic (exact) mass is 278 g/mol. The van der Waals surface area contributed by atoms with Crippen LogP contribution in [0.15, 0.2) is 42.6 Å². The van der Waals surface area contributed by atoms with Crippen molar-refractivity contribution in [2.45, 2.75) is 38.1 Å². The highest BCUT2D eigenvalue weighted by Gasteiger charge is 2.55. The molecule has 108 valence electrons. The molecule has 2 aliphatic rings. The first kappa shape index (κ1) is 13.0. The third-order valence-corrected chi connectivity index (χ3v) is 5.43. The van der Waals surface area contributed by atoms with E-state index in [2.05, 4.69) is 42.2 Å². The zero-order valence-electron chi connectivity index (χ0n) is 12.5. The zero-order valence-corrected chi connectivity index (χ0v) is 12.5. The Labute approximate surface area is 126 Å². The van der Waals surface area contributed by atoms with Crippen molar-refractivity contribution in [3.63, 3.8) is 0 Å². The lowest BCUT2D eigenvalue weighted by molar-refractivity contribution is 0.526. The van der Waals surface area contributed by atoms with Gasteiger partial charge in [-0.15, -0.1) is 0 Å². The van der Waals surface area contributed by atoms with Crippen molar-refractivity contribution in [1.29, 1.82) is 0 Å². The number of hydrogen-bond acceptors (Lipinski definition) is 2. The number of rotatable bonds is 3. The summed E-state index contributed by atoms with van der Waals surface area (Å²) in [4.78, 5) is 4.51. The van der Waals surface area contributed by atoms with Crippen LogP contribution >= 0.6 is 0 Å². The molecule has 4 unspecified atom stereocenters. The second kappa shape index (κ2) is 4.96. The molecule has 4 atom stereocenters. The molecule has 0 amide bonds. The summed E-state index contributed by atoms with van der Waals surface area (Å²) in [6.07, 6.45) is 5.32. The average Bonchev–Trinajstić information content (AvgIpc) is 3.24. The second-order valence-electron chi connectivity index (χ2n) is 6.64. The van der Waals surface area contributed by atoms with Gasteiger partial charge in [-0.1, -0.05) is 30.3 Å². The lowest BCUT2D eigenvalue weighted by Crippen LogP contribution is -2.27. The van der Waals surface area contributed by atoms with Crippen molar-refractivity contribution in [3.05, 3.63) is 65.0 Å². The summed E-state index contributed by atoms with van der Waals surface area (Å²) in [7, 11) is 0. The van der Waals surface area contributed by atoms with Crippen molar-refractivity contribution in [2.75, 3.05) is 0 Å². The fraction of sp³-hybridized carbons (Fsp3) is 0.421. The number of pyridine rings is 1. The molecule has 0 saturated heterocycles. The molecule has 2 heteroatoms. The van der Waals surface area contributed by atoms with Crippen LogP contribution in [0.2, 0.25) is 0 Å². The van der Waals surface area contributed by atoms with E-state index in [-0.39, 0.29) is 6.04 Å². The lowest BCUT2D eigenvalue weighted by atomic mass is 9.92. The summed E-state index contributed by atoms with van der Waals surface area (Å²) in [6.45, 7) is 2.13. The van der Waals surface area contributed by atoms with Gasteiger partial charge in [0.05, 0.1) is 0 Å². The molecule has 2 aliphatic carbocycles. The summed E-state index contributed by atoms with van der Waals surface area (Å²) in [5.41, 5.74) is 12.1. The molecule has 0 bridgehead atoms. The highest BCUT2D eigenvalue weighted by Crippen LogP contribution is 2.61. The van der Waals surface area contributed by atoms with Gasteiger partial charge in [-0.25, -0.2) is 0 Å². The van der Waals surface area contributed by atoms with Crippen molar-refractivity contribution < 1.29 is 0 Å². The first-order valence-electron chi connectivity index (χ1n) is 7.99. The molecule has 2 aromatic rings. The molecule has 2 N–H and O–H groups in total. The maximum Gasteiger partial charge on any atom is 0.0448 e. The van der Waals surface area contributed by atoms with Gasteiger partial charge in [-0.2, -0.15) is 0 Å². The first-order chi connectivity index (χ1) is 10.3. The Bertz CT molecular complexity index is 664. The van der Waals surface area contributed by atoms with Gasteiger partial charge < -0.3 is 5.73 Å². The molecule has 1 heterocycles. The van der Waals surface area contributed by atoms with Gasteiger partial charge >= 0.3 is 0 Å². The molecule has 21 heavy (non-hydrogen) atoms. The van der Waals surface area contributed by atoms with Crippen molar-refractivity contribution in [3.8, 4) is 0 Å². The Morgan fingerprint density at radius 2 is 2.10 bits per heavy atom. The lowest BCUT2D eigenvalue weighted by Gasteiger charge is -2.14. The van der Waals surface area contributed by atoms with Gasteiger partial charge in [0, 0.05) is 24.4 Å². The third kappa shape index (κ3) is 2.18. The van der Waals surface area contributed by atoms with E-state index in [0.29, 0.717) is 11.8 Å². The Kier molecular flexibility index (Phi) is 3.07. The van der Waals surface area contributed by atoms with Crippen molar-refractivity contribution in [2.24, 2.45) is 17.6 Å². The molecule has 4 rings (SSSR count). The predicted octanol–water partition coefficient (Wildman–Crippen LogP) is 3.24. The van der Waals surface area contributed by atoms with Gasteiger partial charge in [-0.05, 0) is 60.3 Å². The van der Waals surface area contributed by atoms with Crippen LogP contribution in [0.4, 0.5) is 0 Å². The normalized spacial score (nSPS) is 27.6. The molecule has 0 aliphatic heterocycles. The van der Waals surface area contributed by atoms with E-state index in [9.17, 15) is 0 Å².